The van der Waals surface area contributed by atoms with Crippen molar-refractivity contribution in [3.8, 4) is 0 Å². The molecule has 1 aliphatic rings. The maximum absolute atomic E-state index is 6.33. The number of nitrogens with two attached hydrogens (primary N) is 1. The van der Waals surface area contributed by atoms with Crippen molar-refractivity contribution in [1.82, 2.24) is 9.78 Å². The van der Waals surface area contributed by atoms with Crippen LogP contribution in [0.15, 0.2) is 30.3 Å². The van der Waals surface area contributed by atoms with Crippen LogP contribution < -0.4 is 10.6 Å². The Kier molecular flexibility index (Phi) is 3.86. The molecule has 2 aromatic rings. The molecule has 4 heteroatoms. The second-order valence-corrected chi connectivity index (χ2v) is 5.81. The van der Waals surface area contributed by atoms with Gasteiger partial charge in [-0.15, -0.1) is 0 Å². The Bertz CT molecular complexity index is 603. The molecule has 2 N–H and O–H groups in total. The maximum atomic E-state index is 6.33. The van der Waals surface area contributed by atoms with Gasteiger partial charge in [-0.2, -0.15) is 5.10 Å². The van der Waals surface area contributed by atoms with E-state index in [1.807, 2.05) is 6.92 Å². The number of hydrogen-bond donors (Lipinski definition) is 1. The molecule has 0 radical (unpaired) electrons. The fourth-order valence-corrected chi connectivity index (χ4v) is 3.30. The number of nitrogens with zero attached hydrogens (tertiary/aromatic N) is 3. The van der Waals surface area contributed by atoms with E-state index in [-0.39, 0.29) is 0 Å². The second-order valence-electron chi connectivity index (χ2n) is 5.81. The minimum absolute atomic E-state index is 0.417. The van der Waals surface area contributed by atoms with Crippen molar-refractivity contribution in [3.63, 3.8) is 0 Å². The number of hydrogen-bond acceptors (Lipinski definition) is 3. The number of aryl methyl sites for hydroxylation is 2. The predicted molar refractivity (Wildman–Crippen MR) is 87.4 cm³/mol. The molecule has 2 heterocycles. The van der Waals surface area contributed by atoms with Crippen molar-refractivity contribution in [2.45, 2.75) is 45.7 Å². The van der Waals surface area contributed by atoms with Gasteiger partial charge in [-0.05, 0) is 31.7 Å². The number of benzene rings is 1. The Hall–Kier alpha value is -1.97. The van der Waals surface area contributed by atoms with Gasteiger partial charge in [0, 0.05) is 13.1 Å². The normalized spacial score (nSPS) is 18.4. The van der Waals surface area contributed by atoms with Gasteiger partial charge in [-0.1, -0.05) is 37.3 Å². The number of anilines is 2. The van der Waals surface area contributed by atoms with Gasteiger partial charge in [0.15, 0.2) is 5.82 Å². The van der Waals surface area contributed by atoms with E-state index in [9.17, 15) is 0 Å². The first kappa shape index (κ1) is 14.0. The number of nitrogen functional groups attached to an aromatic ring is 1. The zero-order valence-electron chi connectivity index (χ0n) is 12.9. The van der Waals surface area contributed by atoms with E-state index < -0.39 is 0 Å². The monoisotopic (exact) mass is 284 g/mol. The van der Waals surface area contributed by atoms with Crippen LogP contribution in [0.1, 0.15) is 43.5 Å². The van der Waals surface area contributed by atoms with Crippen LogP contribution in [0, 0.1) is 6.92 Å². The summed E-state index contributed by atoms with van der Waals surface area (Å²) in [5.74, 6) is 1.11. The maximum Gasteiger partial charge on any atom is 0.151 e. The van der Waals surface area contributed by atoms with Gasteiger partial charge >= 0.3 is 0 Å². The Labute approximate surface area is 126 Å². The minimum atomic E-state index is 0.417. The lowest BCUT2D eigenvalue weighted by Gasteiger charge is -2.28. The van der Waals surface area contributed by atoms with Gasteiger partial charge in [-0.25, -0.2) is 4.68 Å². The van der Waals surface area contributed by atoms with E-state index >= 15 is 0 Å². The van der Waals surface area contributed by atoms with Gasteiger partial charge in [0.1, 0.15) is 0 Å². The van der Waals surface area contributed by atoms with Crippen LogP contribution in [0.25, 0.3) is 0 Å². The summed E-state index contributed by atoms with van der Waals surface area (Å²) in [5.41, 5.74) is 9.48. The molecule has 21 heavy (non-hydrogen) atoms. The van der Waals surface area contributed by atoms with Gasteiger partial charge in [0.25, 0.3) is 0 Å². The summed E-state index contributed by atoms with van der Waals surface area (Å²) < 4.78 is 2.09. The fraction of sp³-hybridized carbons (Fsp3) is 0.471. The molecule has 1 unspecified atom stereocenters. The van der Waals surface area contributed by atoms with Crippen molar-refractivity contribution in [2.24, 2.45) is 0 Å². The second kappa shape index (κ2) is 5.80. The SMILES string of the molecule is CCCn1nc(C)c(N)c1N1CCCC1c1ccccc1. The third kappa shape index (κ3) is 2.50. The highest BCUT2D eigenvalue weighted by Gasteiger charge is 2.30. The van der Waals surface area contributed by atoms with Crippen LogP contribution in [0.3, 0.4) is 0 Å². The summed E-state index contributed by atoms with van der Waals surface area (Å²) in [6.45, 7) is 6.15. The molecule has 1 fully saturated rings. The first-order chi connectivity index (χ1) is 10.2. The molecule has 1 aromatic carbocycles. The average Bonchev–Trinajstić information content (AvgIpc) is 3.06. The average molecular weight is 284 g/mol. The lowest BCUT2D eigenvalue weighted by atomic mass is 10.0. The van der Waals surface area contributed by atoms with Crippen LogP contribution in [-0.2, 0) is 6.54 Å². The Morgan fingerprint density at radius 1 is 1.29 bits per heavy atom. The van der Waals surface area contributed by atoms with Crippen LogP contribution in [-0.4, -0.2) is 16.3 Å². The summed E-state index contributed by atoms with van der Waals surface area (Å²) in [5, 5.41) is 4.62. The van der Waals surface area contributed by atoms with E-state index in [1.54, 1.807) is 0 Å². The fourth-order valence-electron chi connectivity index (χ4n) is 3.30. The molecular weight excluding hydrogens is 260 g/mol. The van der Waals surface area contributed by atoms with Gasteiger partial charge in [0.2, 0.25) is 0 Å². The first-order valence-corrected chi connectivity index (χ1v) is 7.86. The molecule has 1 aliphatic heterocycles. The molecule has 1 atom stereocenters. The van der Waals surface area contributed by atoms with Crippen LogP contribution in [0.5, 0.6) is 0 Å². The van der Waals surface area contributed by atoms with E-state index in [1.165, 1.54) is 18.4 Å². The molecule has 0 amide bonds. The topological polar surface area (TPSA) is 47.1 Å². The molecule has 4 nitrogen and oxygen atoms in total. The highest BCUT2D eigenvalue weighted by molar-refractivity contribution is 5.67. The van der Waals surface area contributed by atoms with Gasteiger partial charge in [-0.3, -0.25) is 0 Å². The van der Waals surface area contributed by atoms with E-state index in [2.05, 4.69) is 51.9 Å². The molecule has 3 rings (SSSR count). The molecule has 1 saturated heterocycles. The van der Waals surface area contributed by atoms with Crippen LogP contribution in [0.2, 0.25) is 0 Å². The third-order valence-electron chi connectivity index (χ3n) is 4.29. The molecule has 112 valence electrons. The van der Waals surface area contributed by atoms with E-state index in [0.717, 1.165) is 36.7 Å². The minimum Gasteiger partial charge on any atom is -0.394 e. The summed E-state index contributed by atoms with van der Waals surface area (Å²) in [6, 6.07) is 11.1. The van der Waals surface area contributed by atoms with Crippen molar-refractivity contribution in [3.05, 3.63) is 41.6 Å². The Balaban J connectivity index is 1.99. The Morgan fingerprint density at radius 2 is 2.05 bits per heavy atom. The summed E-state index contributed by atoms with van der Waals surface area (Å²) in [4.78, 5) is 2.44. The molecule has 0 bridgehead atoms. The van der Waals surface area contributed by atoms with Gasteiger partial charge < -0.3 is 10.6 Å². The predicted octanol–water partition coefficient (Wildman–Crippen LogP) is 3.53. The first-order valence-electron chi connectivity index (χ1n) is 7.86. The molecule has 0 spiro atoms. The molecule has 0 saturated carbocycles. The smallest absolute Gasteiger partial charge is 0.151 e. The molecule has 0 aliphatic carbocycles. The number of rotatable bonds is 4. The third-order valence-corrected chi connectivity index (χ3v) is 4.29. The molecular formula is C17H24N4. The standard InChI is InChI=1S/C17H24N4/c1-3-11-21-17(16(18)13(2)19-21)20-12-7-10-15(20)14-8-5-4-6-9-14/h4-6,8-9,15H,3,7,10-12,18H2,1-2H3. The summed E-state index contributed by atoms with van der Waals surface area (Å²) in [6.07, 6.45) is 3.45. The quantitative estimate of drug-likeness (QED) is 0.934. The van der Waals surface area contributed by atoms with Crippen molar-refractivity contribution in [1.29, 1.82) is 0 Å². The van der Waals surface area contributed by atoms with E-state index in [0.29, 0.717) is 6.04 Å². The van der Waals surface area contributed by atoms with Gasteiger partial charge in [0.05, 0.1) is 17.4 Å². The van der Waals surface area contributed by atoms with E-state index in [4.69, 9.17) is 5.73 Å². The largest absolute Gasteiger partial charge is 0.394 e. The number of aromatic nitrogens is 2. The zero-order chi connectivity index (χ0) is 14.8. The highest BCUT2D eigenvalue weighted by atomic mass is 15.4. The summed E-state index contributed by atoms with van der Waals surface area (Å²) in [7, 11) is 0. The summed E-state index contributed by atoms with van der Waals surface area (Å²) >= 11 is 0. The Morgan fingerprint density at radius 3 is 2.76 bits per heavy atom. The lowest BCUT2D eigenvalue weighted by molar-refractivity contribution is 0.579. The molecule has 1 aromatic heterocycles. The van der Waals surface area contributed by atoms with Crippen LogP contribution >= 0.6 is 0 Å². The van der Waals surface area contributed by atoms with Crippen molar-refractivity contribution >= 4 is 11.5 Å². The lowest BCUT2D eigenvalue weighted by Crippen LogP contribution is -2.26. The zero-order valence-corrected chi connectivity index (χ0v) is 12.9. The van der Waals surface area contributed by atoms with Crippen molar-refractivity contribution in [2.75, 3.05) is 17.2 Å². The van der Waals surface area contributed by atoms with Crippen LogP contribution in [0.4, 0.5) is 11.5 Å². The highest BCUT2D eigenvalue weighted by Crippen LogP contribution is 2.39. The van der Waals surface area contributed by atoms with Crippen molar-refractivity contribution < 1.29 is 0 Å².